The van der Waals surface area contributed by atoms with Gasteiger partial charge < -0.3 is 25.6 Å². The summed E-state index contributed by atoms with van der Waals surface area (Å²) < 4.78 is 5.27. The zero-order chi connectivity index (χ0) is 20.5. The Labute approximate surface area is 173 Å². The van der Waals surface area contributed by atoms with Gasteiger partial charge in [-0.15, -0.1) is 0 Å². The van der Waals surface area contributed by atoms with Gasteiger partial charge in [-0.25, -0.2) is 4.79 Å². The fourth-order valence-corrected chi connectivity index (χ4v) is 4.18. The molecule has 2 aliphatic rings. The number of nitrogens with zero attached hydrogens (tertiary/aromatic N) is 1. The zero-order valence-electron chi connectivity index (χ0n) is 17.4. The largest absolute Gasteiger partial charge is 0.495 e. The van der Waals surface area contributed by atoms with Gasteiger partial charge in [-0.2, -0.15) is 0 Å². The molecule has 7 nitrogen and oxygen atoms in total. The lowest BCUT2D eigenvalue weighted by molar-refractivity contribution is -0.116. The summed E-state index contributed by atoms with van der Waals surface area (Å²) in [5.41, 5.74) is 0.701. The van der Waals surface area contributed by atoms with Crippen molar-refractivity contribution in [2.45, 2.75) is 63.5 Å². The number of hydrogen-bond acceptors (Lipinski definition) is 4. The van der Waals surface area contributed by atoms with Crippen LogP contribution in [-0.4, -0.2) is 55.7 Å². The van der Waals surface area contributed by atoms with Crippen molar-refractivity contribution in [1.29, 1.82) is 0 Å². The first kappa shape index (κ1) is 21.4. The summed E-state index contributed by atoms with van der Waals surface area (Å²) in [6, 6.07) is 7.96. The summed E-state index contributed by atoms with van der Waals surface area (Å²) in [5.74, 6) is 0.654. The minimum absolute atomic E-state index is 0.0124. The fraction of sp³-hybridized carbons (Fsp3) is 0.636. The second-order valence-electron chi connectivity index (χ2n) is 8.07. The van der Waals surface area contributed by atoms with Crippen LogP contribution in [0.4, 0.5) is 10.5 Å². The van der Waals surface area contributed by atoms with Gasteiger partial charge >= 0.3 is 6.03 Å². The third-order valence-electron chi connectivity index (χ3n) is 5.90. The molecule has 2 fully saturated rings. The molecule has 0 atom stereocenters. The summed E-state index contributed by atoms with van der Waals surface area (Å²) in [6.45, 7) is 2.52. The second kappa shape index (κ2) is 11.0. The number of ether oxygens (including phenoxy) is 1. The van der Waals surface area contributed by atoms with E-state index in [9.17, 15) is 9.59 Å². The number of urea groups is 1. The first-order chi connectivity index (χ1) is 14.1. The van der Waals surface area contributed by atoms with Gasteiger partial charge in [0.2, 0.25) is 5.91 Å². The Kier molecular flexibility index (Phi) is 8.16. The van der Waals surface area contributed by atoms with Crippen molar-refractivity contribution < 1.29 is 14.3 Å². The average molecular weight is 403 g/mol. The quantitative estimate of drug-likeness (QED) is 0.654. The van der Waals surface area contributed by atoms with Crippen molar-refractivity contribution in [3.8, 4) is 5.75 Å². The number of carbonyl (C=O) groups excluding carboxylic acids is 2. The van der Waals surface area contributed by atoms with Gasteiger partial charge in [0, 0.05) is 38.1 Å². The number of piperidine rings is 1. The fourth-order valence-electron chi connectivity index (χ4n) is 4.18. The molecule has 3 amide bonds. The summed E-state index contributed by atoms with van der Waals surface area (Å²) in [6.07, 6.45) is 8.21. The zero-order valence-corrected chi connectivity index (χ0v) is 17.4. The number of para-hydroxylation sites is 2. The smallest absolute Gasteiger partial charge is 0.315 e. The van der Waals surface area contributed by atoms with Crippen molar-refractivity contribution in [1.82, 2.24) is 15.5 Å². The summed E-state index contributed by atoms with van der Waals surface area (Å²) in [7, 11) is 1.60. The number of rotatable bonds is 7. The molecule has 1 heterocycles. The van der Waals surface area contributed by atoms with E-state index in [2.05, 4.69) is 20.9 Å². The first-order valence-electron chi connectivity index (χ1n) is 10.9. The standard InChI is InChI=1S/C22H34N4O3/c1-29-20-10-6-5-9-19(20)25-21(27)13-16-26-14-11-18(12-15-26)24-22(28)23-17-7-3-2-4-8-17/h5-6,9-10,17-18H,2-4,7-8,11-16H2,1H3,(H,25,27)(H2,23,24,28). The third kappa shape index (κ3) is 6.92. The number of methoxy groups -OCH3 is 1. The molecule has 29 heavy (non-hydrogen) atoms. The number of likely N-dealkylation sites (tertiary alicyclic amines) is 1. The van der Waals surface area contributed by atoms with Crippen molar-refractivity contribution in [3.05, 3.63) is 24.3 Å². The van der Waals surface area contributed by atoms with Crippen LogP contribution in [0.3, 0.4) is 0 Å². The second-order valence-corrected chi connectivity index (χ2v) is 8.07. The lowest BCUT2D eigenvalue weighted by Crippen LogP contribution is -2.50. The van der Waals surface area contributed by atoms with E-state index in [0.717, 1.165) is 45.3 Å². The third-order valence-corrected chi connectivity index (χ3v) is 5.90. The predicted octanol–water partition coefficient (Wildman–Crippen LogP) is 3.12. The Morgan fingerprint density at radius 2 is 1.66 bits per heavy atom. The Morgan fingerprint density at radius 1 is 1.00 bits per heavy atom. The number of hydrogen-bond donors (Lipinski definition) is 3. The van der Waals surface area contributed by atoms with Crippen LogP contribution in [-0.2, 0) is 4.79 Å². The van der Waals surface area contributed by atoms with Gasteiger partial charge in [0.25, 0.3) is 0 Å². The molecular weight excluding hydrogens is 368 g/mol. The van der Waals surface area contributed by atoms with Crippen LogP contribution in [0, 0.1) is 0 Å². The molecule has 0 unspecified atom stereocenters. The molecular formula is C22H34N4O3. The highest BCUT2D eigenvalue weighted by atomic mass is 16.5. The Balaban J connectivity index is 1.32. The molecule has 1 aliphatic heterocycles. The Morgan fingerprint density at radius 3 is 2.34 bits per heavy atom. The van der Waals surface area contributed by atoms with E-state index in [0.29, 0.717) is 23.9 Å². The van der Waals surface area contributed by atoms with E-state index in [1.807, 2.05) is 24.3 Å². The van der Waals surface area contributed by atoms with Gasteiger partial charge in [-0.05, 0) is 37.8 Å². The van der Waals surface area contributed by atoms with Gasteiger partial charge in [-0.1, -0.05) is 31.4 Å². The van der Waals surface area contributed by atoms with Crippen LogP contribution >= 0.6 is 0 Å². The lowest BCUT2D eigenvalue weighted by atomic mass is 9.96. The lowest BCUT2D eigenvalue weighted by Gasteiger charge is -2.32. The van der Waals surface area contributed by atoms with E-state index in [1.165, 1.54) is 19.3 Å². The highest BCUT2D eigenvalue weighted by Gasteiger charge is 2.22. The van der Waals surface area contributed by atoms with Crippen LogP contribution in [0.25, 0.3) is 0 Å². The summed E-state index contributed by atoms with van der Waals surface area (Å²) in [5, 5.41) is 9.17. The molecule has 0 spiro atoms. The molecule has 0 aromatic heterocycles. The van der Waals surface area contributed by atoms with E-state index in [-0.39, 0.29) is 18.0 Å². The number of benzene rings is 1. The Bertz CT molecular complexity index is 668. The number of carbonyl (C=O) groups is 2. The minimum atomic E-state index is -0.0217. The van der Waals surface area contributed by atoms with E-state index in [1.54, 1.807) is 7.11 Å². The summed E-state index contributed by atoms with van der Waals surface area (Å²) in [4.78, 5) is 26.8. The van der Waals surface area contributed by atoms with Crippen LogP contribution in [0.2, 0.25) is 0 Å². The molecule has 0 bridgehead atoms. The Hall–Kier alpha value is -2.28. The van der Waals surface area contributed by atoms with E-state index >= 15 is 0 Å². The van der Waals surface area contributed by atoms with Gasteiger partial charge in [0.1, 0.15) is 5.75 Å². The normalized spacial score (nSPS) is 18.8. The molecule has 7 heteroatoms. The summed E-state index contributed by atoms with van der Waals surface area (Å²) >= 11 is 0. The first-order valence-corrected chi connectivity index (χ1v) is 10.9. The van der Waals surface area contributed by atoms with Crippen LogP contribution in [0.1, 0.15) is 51.4 Å². The van der Waals surface area contributed by atoms with Crippen LogP contribution in [0.5, 0.6) is 5.75 Å². The maximum atomic E-state index is 12.3. The van der Waals surface area contributed by atoms with E-state index < -0.39 is 0 Å². The minimum Gasteiger partial charge on any atom is -0.495 e. The molecule has 0 radical (unpaired) electrons. The van der Waals surface area contributed by atoms with Gasteiger partial charge in [0.05, 0.1) is 12.8 Å². The van der Waals surface area contributed by atoms with Crippen molar-refractivity contribution in [2.75, 3.05) is 32.1 Å². The molecule has 3 rings (SSSR count). The highest BCUT2D eigenvalue weighted by molar-refractivity contribution is 5.92. The van der Waals surface area contributed by atoms with Crippen LogP contribution < -0.4 is 20.7 Å². The maximum Gasteiger partial charge on any atom is 0.315 e. The van der Waals surface area contributed by atoms with Gasteiger partial charge in [-0.3, -0.25) is 4.79 Å². The highest BCUT2D eigenvalue weighted by Crippen LogP contribution is 2.23. The predicted molar refractivity (Wildman–Crippen MR) is 114 cm³/mol. The molecule has 1 aliphatic carbocycles. The maximum absolute atomic E-state index is 12.3. The SMILES string of the molecule is COc1ccccc1NC(=O)CCN1CCC(NC(=O)NC2CCCCC2)CC1. The average Bonchev–Trinajstić information content (AvgIpc) is 2.74. The monoisotopic (exact) mass is 402 g/mol. The molecule has 1 aromatic rings. The molecule has 160 valence electrons. The van der Waals surface area contributed by atoms with E-state index in [4.69, 9.17) is 4.74 Å². The number of anilines is 1. The van der Waals surface area contributed by atoms with Gasteiger partial charge in [0.15, 0.2) is 0 Å². The van der Waals surface area contributed by atoms with Crippen LogP contribution in [0.15, 0.2) is 24.3 Å². The number of nitrogens with one attached hydrogen (secondary N) is 3. The molecule has 1 saturated carbocycles. The van der Waals surface area contributed by atoms with Crippen molar-refractivity contribution in [2.24, 2.45) is 0 Å². The topological polar surface area (TPSA) is 82.7 Å². The number of amides is 3. The molecule has 1 saturated heterocycles. The van der Waals surface area contributed by atoms with Crippen molar-refractivity contribution in [3.63, 3.8) is 0 Å². The van der Waals surface area contributed by atoms with Crippen molar-refractivity contribution >= 4 is 17.6 Å². The molecule has 3 N–H and O–H groups in total. The molecule has 1 aromatic carbocycles.